The molecule has 2 N–H and O–H groups in total. The van der Waals surface area contributed by atoms with Crippen LogP contribution >= 0.6 is 31.9 Å². The highest BCUT2D eigenvalue weighted by molar-refractivity contribution is 9.11. The number of aromatic hydroxyl groups is 1. The molecule has 3 aromatic rings. The Kier molecular flexibility index (Phi) is 5.55. The summed E-state index contributed by atoms with van der Waals surface area (Å²) < 4.78 is 8.74. The first kappa shape index (κ1) is 18.1. The summed E-state index contributed by atoms with van der Waals surface area (Å²) in [7, 11) is 0. The molecule has 0 spiro atoms. The summed E-state index contributed by atoms with van der Waals surface area (Å²) >= 11 is 6.67. The largest absolute Gasteiger partial charge is 0.506 e. The van der Waals surface area contributed by atoms with Crippen molar-refractivity contribution in [2.45, 2.75) is 26.6 Å². The Morgan fingerprint density at radius 1 is 1.24 bits per heavy atom. The Labute approximate surface area is 161 Å². The van der Waals surface area contributed by atoms with Crippen molar-refractivity contribution >= 4 is 48.8 Å². The van der Waals surface area contributed by atoms with Gasteiger partial charge in [-0.1, -0.05) is 0 Å². The minimum atomic E-state index is -0.151. The van der Waals surface area contributed by atoms with Crippen molar-refractivity contribution in [3.8, 4) is 5.75 Å². The van der Waals surface area contributed by atoms with Gasteiger partial charge in [0.25, 0.3) is 0 Å². The van der Waals surface area contributed by atoms with Crippen molar-refractivity contribution in [1.82, 2.24) is 19.5 Å². The van der Waals surface area contributed by atoms with Crippen LogP contribution in [-0.2, 0) is 11.3 Å². The van der Waals surface area contributed by atoms with E-state index in [9.17, 15) is 5.11 Å². The quantitative estimate of drug-likeness (QED) is 0.560. The molecule has 0 aliphatic rings. The smallest absolute Gasteiger partial charge is 0.167 e. The molecule has 1 aromatic carbocycles. The molecule has 1 unspecified atom stereocenters. The van der Waals surface area contributed by atoms with Gasteiger partial charge in [0.2, 0.25) is 0 Å². The van der Waals surface area contributed by atoms with E-state index in [-0.39, 0.29) is 12.0 Å². The first-order valence-electron chi connectivity index (χ1n) is 7.71. The number of nitrogens with zero attached hydrogens (tertiary/aromatic N) is 4. The molecule has 0 aliphatic heterocycles. The van der Waals surface area contributed by atoms with Gasteiger partial charge in [0.1, 0.15) is 18.3 Å². The number of aromatic nitrogens is 4. The fourth-order valence-corrected chi connectivity index (χ4v) is 3.76. The predicted octanol–water partition coefficient (Wildman–Crippen LogP) is 4.22. The number of imidazole rings is 1. The molecule has 9 heteroatoms. The zero-order chi connectivity index (χ0) is 18.0. The number of anilines is 1. The van der Waals surface area contributed by atoms with Crippen molar-refractivity contribution in [1.29, 1.82) is 0 Å². The lowest BCUT2D eigenvalue weighted by atomic mass is 10.2. The van der Waals surface area contributed by atoms with Crippen LogP contribution in [0.15, 0.2) is 33.7 Å². The van der Waals surface area contributed by atoms with E-state index in [4.69, 9.17) is 4.74 Å². The Hall–Kier alpha value is -1.71. The molecule has 0 aliphatic carbocycles. The first-order valence-corrected chi connectivity index (χ1v) is 9.29. The number of fused-ring (bicyclic) bond motifs is 1. The summed E-state index contributed by atoms with van der Waals surface area (Å²) in [5.41, 5.74) is 2.38. The standard InChI is InChI=1S/C16H17Br2N5O2/c1-3-25-9(2)23-8-22-13-15(20-7-21-16(13)23)19-6-10-4-11(17)14(24)12(18)5-10/h4-5,7-9,24H,3,6H2,1-2H3,(H,19,20,21). The molecule has 3 rings (SSSR count). The summed E-state index contributed by atoms with van der Waals surface area (Å²) in [6.07, 6.45) is 3.06. The fraction of sp³-hybridized carbons (Fsp3) is 0.312. The van der Waals surface area contributed by atoms with Crippen LogP contribution in [0, 0.1) is 0 Å². The first-order chi connectivity index (χ1) is 12.0. The predicted molar refractivity (Wildman–Crippen MR) is 102 cm³/mol. The van der Waals surface area contributed by atoms with E-state index in [0.717, 1.165) is 5.56 Å². The molecule has 0 saturated carbocycles. The van der Waals surface area contributed by atoms with Gasteiger partial charge in [-0.25, -0.2) is 15.0 Å². The molecule has 2 aromatic heterocycles. The monoisotopic (exact) mass is 469 g/mol. The van der Waals surface area contributed by atoms with Crippen LogP contribution in [0.1, 0.15) is 25.6 Å². The van der Waals surface area contributed by atoms with Crippen LogP contribution in [0.5, 0.6) is 5.75 Å². The number of hydrogen-bond donors (Lipinski definition) is 2. The Balaban J connectivity index is 1.85. The SMILES string of the molecule is CCOC(C)n1cnc2c(NCc3cc(Br)c(O)c(Br)c3)ncnc21. The van der Waals surface area contributed by atoms with E-state index in [0.29, 0.717) is 39.1 Å². The van der Waals surface area contributed by atoms with Gasteiger partial charge >= 0.3 is 0 Å². The highest BCUT2D eigenvalue weighted by Crippen LogP contribution is 2.33. The van der Waals surface area contributed by atoms with Gasteiger partial charge in [0.15, 0.2) is 17.0 Å². The molecule has 0 radical (unpaired) electrons. The van der Waals surface area contributed by atoms with Crippen molar-refractivity contribution < 1.29 is 9.84 Å². The van der Waals surface area contributed by atoms with Gasteiger partial charge in [-0.15, -0.1) is 0 Å². The lowest BCUT2D eigenvalue weighted by molar-refractivity contribution is 0.0272. The van der Waals surface area contributed by atoms with Gasteiger partial charge in [0.05, 0.1) is 15.3 Å². The second-order valence-electron chi connectivity index (χ2n) is 5.36. The van der Waals surface area contributed by atoms with E-state index >= 15 is 0 Å². The van der Waals surface area contributed by atoms with Crippen LogP contribution in [0.2, 0.25) is 0 Å². The number of phenols is 1. The van der Waals surface area contributed by atoms with Crippen molar-refractivity contribution in [3.05, 3.63) is 39.3 Å². The maximum absolute atomic E-state index is 9.80. The number of halogens is 2. The van der Waals surface area contributed by atoms with Crippen LogP contribution in [-0.4, -0.2) is 31.2 Å². The maximum atomic E-state index is 9.80. The molecule has 0 amide bonds. The van der Waals surface area contributed by atoms with Crippen LogP contribution < -0.4 is 5.32 Å². The second-order valence-corrected chi connectivity index (χ2v) is 7.07. The zero-order valence-corrected chi connectivity index (χ0v) is 16.9. The van der Waals surface area contributed by atoms with Crippen LogP contribution in [0.4, 0.5) is 5.82 Å². The number of hydrogen-bond acceptors (Lipinski definition) is 6. The van der Waals surface area contributed by atoms with Crippen molar-refractivity contribution in [2.75, 3.05) is 11.9 Å². The third-order valence-corrected chi connectivity index (χ3v) is 4.90. The van der Waals surface area contributed by atoms with E-state index in [1.807, 2.05) is 30.5 Å². The number of benzene rings is 1. The summed E-state index contributed by atoms with van der Waals surface area (Å²) in [6.45, 7) is 5.04. The molecule has 25 heavy (non-hydrogen) atoms. The van der Waals surface area contributed by atoms with Crippen LogP contribution in [0.25, 0.3) is 11.2 Å². The molecule has 0 fully saturated rings. The van der Waals surface area contributed by atoms with Gasteiger partial charge in [-0.3, -0.25) is 4.57 Å². The van der Waals surface area contributed by atoms with Gasteiger partial charge in [-0.2, -0.15) is 0 Å². The molecule has 132 valence electrons. The van der Waals surface area contributed by atoms with Crippen molar-refractivity contribution in [2.24, 2.45) is 0 Å². The summed E-state index contributed by atoms with van der Waals surface area (Å²) in [4.78, 5) is 13.0. The molecule has 2 heterocycles. The summed E-state index contributed by atoms with van der Waals surface area (Å²) in [5, 5.41) is 13.1. The second kappa shape index (κ2) is 7.67. The Bertz CT molecular complexity index is 876. The Morgan fingerprint density at radius 3 is 2.64 bits per heavy atom. The molecule has 1 atom stereocenters. The minimum absolute atomic E-state index is 0.151. The normalized spacial score (nSPS) is 12.5. The number of rotatable bonds is 6. The average Bonchev–Trinajstić information content (AvgIpc) is 3.02. The zero-order valence-electron chi connectivity index (χ0n) is 13.7. The van der Waals surface area contributed by atoms with E-state index in [1.165, 1.54) is 6.33 Å². The molecule has 0 saturated heterocycles. The summed E-state index contributed by atoms with van der Waals surface area (Å²) in [5.74, 6) is 0.824. The van der Waals surface area contributed by atoms with E-state index < -0.39 is 0 Å². The fourth-order valence-electron chi connectivity index (χ4n) is 2.47. The minimum Gasteiger partial charge on any atom is -0.506 e. The third-order valence-electron chi connectivity index (χ3n) is 3.70. The third kappa shape index (κ3) is 3.78. The average molecular weight is 471 g/mol. The molecular formula is C16H17Br2N5O2. The van der Waals surface area contributed by atoms with E-state index in [1.54, 1.807) is 6.33 Å². The summed E-state index contributed by atoms with van der Waals surface area (Å²) in [6, 6.07) is 3.70. The molecule has 7 nitrogen and oxygen atoms in total. The number of nitrogens with one attached hydrogen (secondary N) is 1. The molecular weight excluding hydrogens is 454 g/mol. The topological polar surface area (TPSA) is 85.1 Å². The van der Waals surface area contributed by atoms with Gasteiger partial charge < -0.3 is 15.2 Å². The van der Waals surface area contributed by atoms with Crippen LogP contribution in [0.3, 0.4) is 0 Å². The lowest BCUT2D eigenvalue weighted by Gasteiger charge is -2.13. The highest BCUT2D eigenvalue weighted by Gasteiger charge is 2.14. The van der Waals surface area contributed by atoms with Gasteiger partial charge in [0, 0.05) is 13.2 Å². The maximum Gasteiger partial charge on any atom is 0.167 e. The number of ether oxygens (including phenoxy) is 1. The highest BCUT2D eigenvalue weighted by atomic mass is 79.9. The number of phenolic OH excluding ortho intramolecular Hbond substituents is 1. The molecule has 0 bridgehead atoms. The Morgan fingerprint density at radius 2 is 1.96 bits per heavy atom. The van der Waals surface area contributed by atoms with E-state index in [2.05, 4.69) is 52.1 Å². The van der Waals surface area contributed by atoms with Gasteiger partial charge in [-0.05, 0) is 63.4 Å². The van der Waals surface area contributed by atoms with Crippen molar-refractivity contribution in [3.63, 3.8) is 0 Å². The lowest BCUT2D eigenvalue weighted by Crippen LogP contribution is -2.09.